The number of hydrogen-bond acceptors (Lipinski definition) is 3. The SMILES string of the molecule is C=C(C)CSc1nc2ccccc2c(=O)n1C(C)c1ccccc1. The van der Waals surface area contributed by atoms with Crippen LogP contribution in [-0.2, 0) is 0 Å². The summed E-state index contributed by atoms with van der Waals surface area (Å²) in [4.78, 5) is 17.8. The summed E-state index contributed by atoms with van der Waals surface area (Å²) < 4.78 is 1.80. The van der Waals surface area contributed by atoms with Crippen LogP contribution in [0.1, 0.15) is 25.5 Å². The van der Waals surface area contributed by atoms with Gasteiger partial charge in [0, 0.05) is 5.75 Å². The zero-order valence-corrected chi connectivity index (χ0v) is 14.7. The molecule has 0 N–H and O–H groups in total. The molecule has 1 aromatic heterocycles. The molecule has 3 aromatic rings. The highest BCUT2D eigenvalue weighted by Crippen LogP contribution is 2.25. The van der Waals surface area contributed by atoms with Crippen LogP contribution in [0.15, 0.2) is 76.7 Å². The summed E-state index contributed by atoms with van der Waals surface area (Å²) in [7, 11) is 0. The fourth-order valence-electron chi connectivity index (χ4n) is 2.64. The van der Waals surface area contributed by atoms with E-state index in [9.17, 15) is 4.79 Å². The maximum Gasteiger partial charge on any atom is 0.262 e. The van der Waals surface area contributed by atoms with Crippen molar-refractivity contribution in [3.63, 3.8) is 0 Å². The molecule has 0 spiro atoms. The molecule has 0 bridgehead atoms. The Morgan fingerprint density at radius 2 is 1.83 bits per heavy atom. The summed E-state index contributed by atoms with van der Waals surface area (Å²) in [6.07, 6.45) is 0. The standard InChI is InChI=1S/C20H20N2OS/c1-14(2)13-24-20-21-18-12-8-7-11-17(18)19(23)22(20)15(3)16-9-5-4-6-10-16/h4-12,15H,1,13H2,2-3H3. The predicted octanol–water partition coefficient (Wildman–Crippen LogP) is 4.67. The van der Waals surface area contributed by atoms with Crippen molar-refractivity contribution in [2.24, 2.45) is 0 Å². The van der Waals surface area contributed by atoms with Crippen LogP contribution in [0.2, 0.25) is 0 Å². The number of hydrogen-bond donors (Lipinski definition) is 0. The van der Waals surface area contributed by atoms with Gasteiger partial charge in [-0.05, 0) is 31.5 Å². The van der Waals surface area contributed by atoms with Gasteiger partial charge in [0.1, 0.15) is 0 Å². The number of fused-ring (bicyclic) bond motifs is 1. The molecular formula is C20H20N2OS. The fourth-order valence-corrected chi connectivity index (χ4v) is 3.56. The maximum absolute atomic E-state index is 13.1. The normalized spacial score (nSPS) is 12.2. The van der Waals surface area contributed by atoms with E-state index in [0.29, 0.717) is 5.39 Å². The summed E-state index contributed by atoms with van der Waals surface area (Å²) in [5.41, 5.74) is 2.89. The van der Waals surface area contributed by atoms with Crippen LogP contribution >= 0.6 is 11.8 Å². The zero-order valence-electron chi connectivity index (χ0n) is 13.9. The van der Waals surface area contributed by atoms with Gasteiger partial charge in [0.15, 0.2) is 5.16 Å². The molecule has 2 aromatic carbocycles. The minimum Gasteiger partial charge on any atom is -0.280 e. The van der Waals surface area contributed by atoms with Gasteiger partial charge in [0.25, 0.3) is 5.56 Å². The van der Waals surface area contributed by atoms with Crippen molar-refractivity contribution in [1.29, 1.82) is 0 Å². The quantitative estimate of drug-likeness (QED) is 0.386. The van der Waals surface area contributed by atoms with E-state index in [-0.39, 0.29) is 11.6 Å². The number of benzene rings is 2. The highest BCUT2D eigenvalue weighted by Gasteiger charge is 2.17. The van der Waals surface area contributed by atoms with Crippen molar-refractivity contribution in [2.45, 2.75) is 25.0 Å². The Bertz CT molecular complexity index is 931. The Balaban J connectivity index is 2.19. The molecule has 3 nitrogen and oxygen atoms in total. The number of para-hydroxylation sites is 1. The summed E-state index contributed by atoms with van der Waals surface area (Å²) in [5, 5.41) is 1.39. The molecule has 24 heavy (non-hydrogen) atoms. The highest BCUT2D eigenvalue weighted by atomic mass is 32.2. The number of rotatable bonds is 5. The van der Waals surface area contributed by atoms with E-state index < -0.39 is 0 Å². The van der Waals surface area contributed by atoms with E-state index in [1.165, 1.54) is 0 Å². The minimum absolute atomic E-state index is 0.00108. The highest BCUT2D eigenvalue weighted by molar-refractivity contribution is 7.99. The Morgan fingerprint density at radius 3 is 2.54 bits per heavy atom. The van der Waals surface area contributed by atoms with Crippen LogP contribution in [0.3, 0.4) is 0 Å². The van der Waals surface area contributed by atoms with E-state index in [2.05, 4.69) is 6.58 Å². The minimum atomic E-state index is -0.0802. The lowest BCUT2D eigenvalue weighted by atomic mass is 10.1. The van der Waals surface area contributed by atoms with Crippen LogP contribution in [0, 0.1) is 0 Å². The Morgan fingerprint density at radius 1 is 1.17 bits per heavy atom. The second kappa shape index (κ2) is 7.05. The van der Waals surface area contributed by atoms with Crippen molar-refractivity contribution in [3.05, 3.63) is 82.7 Å². The van der Waals surface area contributed by atoms with Crippen molar-refractivity contribution < 1.29 is 0 Å². The van der Waals surface area contributed by atoms with Gasteiger partial charge in [0.2, 0.25) is 0 Å². The van der Waals surface area contributed by atoms with E-state index in [4.69, 9.17) is 4.98 Å². The van der Waals surface area contributed by atoms with Crippen LogP contribution in [0.5, 0.6) is 0 Å². The summed E-state index contributed by atoms with van der Waals surface area (Å²) in [6.45, 7) is 7.97. The lowest BCUT2D eigenvalue weighted by Crippen LogP contribution is -2.27. The molecule has 3 rings (SSSR count). The van der Waals surface area contributed by atoms with Crippen LogP contribution in [0.25, 0.3) is 10.9 Å². The first kappa shape index (κ1) is 16.5. The second-order valence-corrected chi connectivity index (χ2v) is 6.86. The van der Waals surface area contributed by atoms with Gasteiger partial charge in [-0.3, -0.25) is 9.36 Å². The molecule has 1 unspecified atom stereocenters. The number of aromatic nitrogens is 2. The van der Waals surface area contributed by atoms with E-state index >= 15 is 0 Å². The van der Waals surface area contributed by atoms with Gasteiger partial charge in [-0.15, -0.1) is 0 Å². The molecule has 0 aliphatic carbocycles. The monoisotopic (exact) mass is 336 g/mol. The molecule has 0 radical (unpaired) electrons. The Kier molecular flexibility index (Phi) is 4.86. The Labute approximate surface area is 146 Å². The summed E-state index contributed by atoms with van der Waals surface area (Å²) >= 11 is 1.56. The number of nitrogens with zero attached hydrogens (tertiary/aromatic N) is 2. The molecule has 1 atom stereocenters. The van der Waals surface area contributed by atoms with Crippen molar-refractivity contribution in [3.8, 4) is 0 Å². The smallest absolute Gasteiger partial charge is 0.262 e. The van der Waals surface area contributed by atoms with E-state index in [1.807, 2.05) is 68.4 Å². The van der Waals surface area contributed by atoms with Crippen molar-refractivity contribution >= 4 is 22.7 Å². The lowest BCUT2D eigenvalue weighted by molar-refractivity contribution is 0.549. The zero-order chi connectivity index (χ0) is 17.1. The maximum atomic E-state index is 13.1. The fraction of sp³-hybridized carbons (Fsp3) is 0.200. The van der Waals surface area contributed by atoms with Crippen LogP contribution in [-0.4, -0.2) is 15.3 Å². The van der Waals surface area contributed by atoms with Crippen LogP contribution in [0.4, 0.5) is 0 Å². The first-order valence-corrected chi connectivity index (χ1v) is 8.90. The largest absolute Gasteiger partial charge is 0.280 e. The van der Waals surface area contributed by atoms with Crippen LogP contribution < -0.4 is 5.56 Å². The molecule has 1 heterocycles. The van der Waals surface area contributed by atoms with Gasteiger partial charge in [-0.1, -0.05) is 66.4 Å². The van der Waals surface area contributed by atoms with Crippen molar-refractivity contribution in [2.75, 3.05) is 5.75 Å². The predicted molar refractivity (Wildman–Crippen MR) is 102 cm³/mol. The third kappa shape index (κ3) is 3.29. The molecule has 0 aliphatic heterocycles. The third-order valence-corrected chi connectivity index (χ3v) is 5.08. The van der Waals surface area contributed by atoms with E-state index in [0.717, 1.165) is 27.6 Å². The van der Waals surface area contributed by atoms with Crippen molar-refractivity contribution in [1.82, 2.24) is 9.55 Å². The van der Waals surface area contributed by atoms with Gasteiger partial charge < -0.3 is 0 Å². The van der Waals surface area contributed by atoms with Gasteiger partial charge >= 0.3 is 0 Å². The molecular weight excluding hydrogens is 316 g/mol. The molecule has 0 aliphatic rings. The Hall–Kier alpha value is -2.33. The molecule has 0 amide bonds. The van der Waals surface area contributed by atoms with Gasteiger partial charge in [0.05, 0.1) is 16.9 Å². The summed E-state index contributed by atoms with van der Waals surface area (Å²) in [5.74, 6) is 0.742. The molecule has 0 saturated carbocycles. The first-order valence-electron chi connectivity index (χ1n) is 7.91. The molecule has 122 valence electrons. The average Bonchev–Trinajstić information content (AvgIpc) is 2.60. The van der Waals surface area contributed by atoms with Gasteiger partial charge in [-0.2, -0.15) is 0 Å². The summed E-state index contributed by atoms with van der Waals surface area (Å²) in [6, 6.07) is 17.5. The topological polar surface area (TPSA) is 34.9 Å². The first-order chi connectivity index (χ1) is 11.6. The molecule has 0 saturated heterocycles. The number of thioether (sulfide) groups is 1. The molecule has 0 fully saturated rings. The second-order valence-electron chi connectivity index (χ2n) is 5.92. The lowest BCUT2D eigenvalue weighted by Gasteiger charge is -2.20. The molecule has 4 heteroatoms. The third-order valence-electron chi connectivity index (χ3n) is 3.89. The average molecular weight is 336 g/mol. The van der Waals surface area contributed by atoms with Gasteiger partial charge in [-0.25, -0.2) is 4.98 Å². The van der Waals surface area contributed by atoms with E-state index in [1.54, 1.807) is 16.3 Å².